The number of phenols is 1. The number of nitrogens with zero attached hydrogens (tertiary/aromatic N) is 8. The van der Waals surface area contributed by atoms with Gasteiger partial charge in [-0.1, -0.05) is 42.5 Å². The Kier molecular flexibility index (Phi) is 31.3. The maximum atomic E-state index is 12.6. The highest BCUT2D eigenvalue weighted by molar-refractivity contribution is 5.87. The summed E-state index contributed by atoms with van der Waals surface area (Å²) in [6.45, 7) is 5.53. The fourth-order valence-electron chi connectivity index (χ4n) is 12.7. The lowest BCUT2D eigenvalue weighted by molar-refractivity contribution is -0.255. The van der Waals surface area contributed by atoms with Gasteiger partial charge in [0.15, 0.2) is 5.49 Å². The highest BCUT2D eigenvalue weighted by atomic mass is 17.2. The number of anilines is 2. The molecule has 570 valence electrons. The lowest BCUT2D eigenvalue weighted by Gasteiger charge is -2.19. The molecule has 0 radical (unpaired) electrons. The van der Waals surface area contributed by atoms with Crippen LogP contribution in [0.25, 0.3) is 0 Å². The number of phenolic OH excluding ortho intramolecular Hbond substituents is 1. The third kappa shape index (κ3) is 25.4. The number of amides is 4. The van der Waals surface area contributed by atoms with Gasteiger partial charge in [-0.2, -0.15) is 9.62 Å². The van der Waals surface area contributed by atoms with Gasteiger partial charge in [0.25, 0.3) is 0 Å². The Morgan fingerprint density at radius 1 is 0.477 bits per heavy atom. The number of carbonyl (C=O) groups is 8. The summed E-state index contributed by atoms with van der Waals surface area (Å²) in [5.41, 5.74) is 8.54. The Labute approximate surface area is 622 Å². The number of aliphatic carboxylic acids is 1. The van der Waals surface area contributed by atoms with Gasteiger partial charge in [0.05, 0.1) is 90.5 Å². The predicted molar refractivity (Wildman–Crippen MR) is 393 cm³/mol. The first-order chi connectivity index (χ1) is 51.6. The van der Waals surface area contributed by atoms with Crippen molar-refractivity contribution in [1.82, 2.24) is 34.3 Å². The van der Waals surface area contributed by atoms with Crippen molar-refractivity contribution in [1.29, 1.82) is 0 Å². The van der Waals surface area contributed by atoms with Crippen LogP contribution in [-0.4, -0.2) is 186 Å². The third-order valence-electron chi connectivity index (χ3n) is 18.2. The van der Waals surface area contributed by atoms with Crippen molar-refractivity contribution in [3.05, 3.63) is 196 Å². The Morgan fingerprint density at radius 3 is 1.24 bits per heavy atom. The number of benzene rings is 4. The minimum Gasteiger partial charge on any atom is -0.508 e. The van der Waals surface area contributed by atoms with Gasteiger partial charge in [0, 0.05) is 99.0 Å². The molecule has 0 bridgehead atoms. The molecule has 4 aliphatic heterocycles. The van der Waals surface area contributed by atoms with Crippen LogP contribution in [0.5, 0.6) is 23.0 Å². The number of nitrogens with one attached hydrogen (secondary N) is 2. The SMILES string of the molecule is CN1Cc2cc(OCCCNc3ccccn3)ccc2CC(CC(=O)O)C1=O.COC(=O)CC1Cc2ccc(O)cc2CN(C)C1=O.COC(=O)CC1Cc2ccc(OCCCN=c3ccccn3O)cc2CN(C)C1=O.COOC(=O)CC1Cc2ccc(OCCCNc3ccccn3)cc2CN(C)C1=O. The van der Waals surface area contributed by atoms with E-state index in [-0.39, 0.29) is 67.0 Å². The van der Waals surface area contributed by atoms with Gasteiger partial charge >= 0.3 is 23.9 Å². The first-order valence-corrected chi connectivity index (χ1v) is 35.4. The molecule has 0 saturated carbocycles. The number of aromatic hydroxyl groups is 1. The lowest BCUT2D eigenvalue weighted by Crippen LogP contribution is -2.32. The molecule has 4 atom stereocenters. The van der Waals surface area contributed by atoms with Gasteiger partial charge in [-0.3, -0.25) is 43.4 Å². The van der Waals surface area contributed by atoms with Crippen molar-refractivity contribution in [3.63, 3.8) is 0 Å². The number of carboxylic acids is 1. The molecule has 0 saturated heterocycles. The molecule has 11 rings (SSSR count). The zero-order valence-corrected chi connectivity index (χ0v) is 61.6. The van der Waals surface area contributed by atoms with Crippen molar-refractivity contribution in [2.24, 2.45) is 28.7 Å². The number of hydrogen-bond acceptors (Lipinski definition) is 22. The van der Waals surface area contributed by atoms with Gasteiger partial charge in [0.2, 0.25) is 23.6 Å². The van der Waals surface area contributed by atoms with Crippen LogP contribution < -0.4 is 30.3 Å². The molecule has 7 heterocycles. The number of aromatic nitrogens is 3. The summed E-state index contributed by atoms with van der Waals surface area (Å²) in [4.78, 5) is 124. The normalized spacial score (nSPS) is 16.7. The average molecular weight is 1470 g/mol. The number of pyridine rings is 3. The highest BCUT2D eigenvalue weighted by Crippen LogP contribution is 2.32. The first-order valence-electron chi connectivity index (χ1n) is 35.4. The van der Waals surface area contributed by atoms with Crippen LogP contribution in [0.15, 0.2) is 151 Å². The van der Waals surface area contributed by atoms with Gasteiger partial charge in [-0.05, 0) is 168 Å². The lowest BCUT2D eigenvalue weighted by atomic mass is 9.94. The Bertz CT molecular complexity index is 4220. The van der Waals surface area contributed by atoms with E-state index in [9.17, 15) is 48.7 Å². The molecule has 28 heteroatoms. The topological polar surface area (TPSA) is 342 Å². The molecule has 0 spiro atoms. The molecule has 5 N–H and O–H groups in total. The monoisotopic (exact) mass is 1470 g/mol. The maximum Gasteiger partial charge on any atom is 0.343 e. The number of esters is 2. The van der Waals surface area contributed by atoms with E-state index in [4.69, 9.17) is 24.1 Å². The fraction of sp³-hybridized carbons (Fsp3) is 0.405. The van der Waals surface area contributed by atoms with Crippen LogP contribution in [0, 0.1) is 23.7 Å². The highest BCUT2D eigenvalue weighted by Gasteiger charge is 2.34. The average Bonchev–Trinajstić information content (AvgIpc) is 1.71. The van der Waals surface area contributed by atoms with E-state index in [1.807, 2.05) is 97.1 Å². The number of methoxy groups -OCH3 is 2. The zero-order valence-electron chi connectivity index (χ0n) is 61.6. The number of rotatable bonds is 26. The number of hydrogen-bond donors (Lipinski definition) is 5. The standard InChI is InChI=1S/2C22H27N3O5.C21H25N3O4.C14H17NO4/c1-24-15-18-13-19(30-11-5-9-23-20-6-3-4-10-25(20)28)8-7-16(18)12-17(22(24)27)14-21(26)29-2;1-25-15-18-13-19(29-11-5-10-24-20-6-3-4-9-23-20)8-7-16(18)12-17(22(25)27)14-21(26)30-28-2;1-24-14-17-12-18(28-10-4-9-23-19-5-2-3-8-22-19)7-6-15(17)11-16(21(24)27)13-20(25)26;1-15-8-11-6-12(16)4-3-9(11)5-10(14(15)18)7-13(17)19-2/h3-4,6-8,10,13,17,28H,5,9,11-12,14-15H2,1-2H3;3-4,6-9,13,17H,5,10-12,14-15H2,1-2H3,(H,23,24);2-3,5-8,12,16H,4,9-11,13-14H2,1H3,(H,22,23)(H,25,26);3-4,6,10,16H,5,7-8H2,1-2H3. The minimum absolute atomic E-state index is 0.0159. The Balaban J connectivity index is 0.000000182. The van der Waals surface area contributed by atoms with Gasteiger partial charge in [-0.25, -0.2) is 14.8 Å². The second-order valence-corrected chi connectivity index (χ2v) is 26.3. The number of ether oxygens (including phenoxy) is 5. The zero-order chi connectivity index (χ0) is 76.8. The molecule has 107 heavy (non-hydrogen) atoms. The van der Waals surface area contributed by atoms with E-state index in [1.165, 1.54) is 27.5 Å². The van der Waals surface area contributed by atoms with Crippen LogP contribution in [-0.2, 0) is 109 Å². The molecule has 7 aromatic rings. The quantitative estimate of drug-likeness (QED) is 0.0113. The molecule has 4 aliphatic rings. The van der Waals surface area contributed by atoms with E-state index in [1.54, 1.807) is 90.5 Å². The van der Waals surface area contributed by atoms with Crippen molar-refractivity contribution in [2.75, 3.05) is 99.6 Å². The van der Waals surface area contributed by atoms with E-state index in [2.05, 4.69) is 40.1 Å². The molecule has 4 unspecified atom stereocenters. The largest absolute Gasteiger partial charge is 0.508 e. The van der Waals surface area contributed by atoms with Gasteiger partial charge in [-0.15, -0.1) is 0 Å². The summed E-state index contributed by atoms with van der Waals surface area (Å²) >= 11 is 0. The van der Waals surface area contributed by atoms with Crippen molar-refractivity contribution >= 4 is 59.1 Å². The maximum absolute atomic E-state index is 12.6. The molecule has 28 nitrogen and oxygen atoms in total. The summed E-state index contributed by atoms with van der Waals surface area (Å²) < 4.78 is 27.9. The number of carbonyl (C=O) groups excluding carboxylic acids is 7. The smallest absolute Gasteiger partial charge is 0.343 e. The van der Waals surface area contributed by atoms with Crippen molar-refractivity contribution < 1.29 is 87.2 Å². The van der Waals surface area contributed by atoms with E-state index >= 15 is 0 Å². The summed E-state index contributed by atoms with van der Waals surface area (Å²) in [6, 6.07) is 39.3. The Hall–Kier alpha value is -11.6. The van der Waals surface area contributed by atoms with E-state index in [0.717, 1.165) is 104 Å². The first kappa shape index (κ1) is 81.1. The van der Waals surface area contributed by atoms with E-state index in [0.29, 0.717) is 90.1 Å². The predicted octanol–water partition coefficient (Wildman–Crippen LogP) is 8.03. The molecule has 4 aromatic carbocycles. The van der Waals surface area contributed by atoms with Crippen molar-refractivity contribution in [2.45, 2.75) is 96.8 Å². The second-order valence-electron chi connectivity index (χ2n) is 26.3. The molecule has 0 aliphatic carbocycles. The molecule has 4 amide bonds. The Morgan fingerprint density at radius 2 is 0.860 bits per heavy atom. The number of carboxylic acid groups (broad SMARTS) is 1. The second kappa shape index (κ2) is 41.2. The van der Waals surface area contributed by atoms with Crippen LogP contribution in [0.2, 0.25) is 0 Å². The molecular formula is C79H96N10O18. The van der Waals surface area contributed by atoms with Crippen molar-refractivity contribution in [3.8, 4) is 23.0 Å². The van der Waals surface area contributed by atoms with Gasteiger partial charge < -0.3 is 69.3 Å². The van der Waals surface area contributed by atoms with Crippen LogP contribution in [0.1, 0.15) is 89.5 Å². The van der Waals surface area contributed by atoms with Crippen LogP contribution in [0.4, 0.5) is 11.6 Å². The molecule has 3 aromatic heterocycles. The van der Waals surface area contributed by atoms with Crippen LogP contribution in [0.3, 0.4) is 0 Å². The number of fused-ring (bicyclic) bond motifs is 4. The summed E-state index contributed by atoms with van der Waals surface area (Å²) in [7, 11) is 10.8. The summed E-state index contributed by atoms with van der Waals surface area (Å²) in [6.07, 6.45) is 9.30. The van der Waals surface area contributed by atoms with Crippen LogP contribution >= 0.6 is 0 Å². The van der Waals surface area contributed by atoms with E-state index < -0.39 is 35.6 Å². The summed E-state index contributed by atoms with van der Waals surface area (Å²) in [5, 5.41) is 34.7. The van der Waals surface area contributed by atoms with Gasteiger partial charge in [0.1, 0.15) is 34.6 Å². The third-order valence-corrected chi connectivity index (χ3v) is 18.2. The fourth-order valence-corrected chi connectivity index (χ4v) is 12.7. The molecular weight excluding hydrogens is 1380 g/mol. The minimum atomic E-state index is -0.950. The summed E-state index contributed by atoms with van der Waals surface area (Å²) in [5.74, 6) is -0.247. The molecule has 0 fully saturated rings.